The van der Waals surface area contributed by atoms with Crippen molar-refractivity contribution in [3.8, 4) is 0 Å². The van der Waals surface area contributed by atoms with E-state index < -0.39 is 56.0 Å². The van der Waals surface area contributed by atoms with Crippen LogP contribution < -0.4 is 11.1 Å². The SMILES string of the molecule is CC(C)(C)NC(=O)[C@H](OC[C@H]1O[C@@H](n2cnc3c(N)nc(Cl)nc32)[C@H](O)[C@@H]1O)P(=O)(O)O. The Balaban J connectivity index is 1.78. The van der Waals surface area contributed by atoms with Crippen molar-refractivity contribution in [1.29, 1.82) is 0 Å². The Hall–Kier alpha value is -1.90. The van der Waals surface area contributed by atoms with Gasteiger partial charge < -0.3 is 40.5 Å². The Morgan fingerprint density at radius 2 is 2.03 bits per heavy atom. The standard InChI is InChI=1S/C16H24ClN6O8P/c1-16(2,3)22-12(26)14(32(27,28)29)30-4-6-8(24)9(25)13(31-6)23-5-19-7-10(18)20-15(17)21-11(7)23/h5-6,8-9,13-14,24-25H,4H2,1-3H3,(H,22,26)(H2,18,20,21)(H2,27,28,29)/t6-,8-,9-,13-,14-/m1/s1. The van der Waals surface area contributed by atoms with Gasteiger partial charge in [-0.1, -0.05) is 0 Å². The van der Waals surface area contributed by atoms with Crippen LogP contribution in [-0.4, -0.2) is 81.7 Å². The molecule has 0 bridgehead atoms. The van der Waals surface area contributed by atoms with E-state index in [0.29, 0.717) is 0 Å². The van der Waals surface area contributed by atoms with E-state index in [1.165, 1.54) is 10.9 Å². The molecule has 0 spiro atoms. The molecule has 1 amide bonds. The number of imidazole rings is 1. The van der Waals surface area contributed by atoms with Crippen LogP contribution in [0.1, 0.15) is 27.0 Å². The molecule has 0 unspecified atom stereocenters. The smallest absolute Gasteiger partial charge is 0.363 e. The number of aliphatic hydroxyl groups is 2. The molecule has 2 aromatic rings. The molecule has 0 aromatic carbocycles. The lowest BCUT2D eigenvalue weighted by Crippen LogP contribution is -2.47. The molecule has 2 aromatic heterocycles. The lowest BCUT2D eigenvalue weighted by molar-refractivity contribution is -0.134. The first-order chi connectivity index (χ1) is 14.7. The molecular weight excluding hydrogens is 471 g/mol. The zero-order chi connectivity index (χ0) is 24.0. The Kier molecular flexibility index (Phi) is 6.80. The quantitative estimate of drug-likeness (QED) is 0.213. The van der Waals surface area contributed by atoms with Crippen molar-refractivity contribution in [3.63, 3.8) is 0 Å². The molecule has 14 nitrogen and oxygen atoms in total. The molecule has 5 atom stereocenters. The van der Waals surface area contributed by atoms with Crippen LogP contribution in [0.5, 0.6) is 0 Å². The van der Waals surface area contributed by atoms with Gasteiger partial charge >= 0.3 is 7.60 Å². The normalized spacial score (nSPS) is 25.2. The zero-order valence-corrected chi connectivity index (χ0v) is 18.9. The van der Waals surface area contributed by atoms with Crippen LogP contribution in [0.25, 0.3) is 11.2 Å². The topological polar surface area (TPSA) is 215 Å². The predicted molar refractivity (Wildman–Crippen MR) is 110 cm³/mol. The molecule has 0 saturated carbocycles. The van der Waals surface area contributed by atoms with Crippen LogP contribution in [0.3, 0.4) is 0 Å². The Morgan fingerprint density at radius 1 is 1.38 bits per heavy atom. The summed E-state index contributed by atoms with van der Waals surface area (Å²) in [7, 11) is -5.01. The largest absolute Gasteiger partial charge is 0.387 e. The number of fused-ring (bicyclic) bond motifs is 1. The minimum atomic E-state index is -5.01. The lowest BCUT2D eigenvalue weighted by atomic mass is 10.1. The molecular formula is C16H24ClN6O8P. The predicted octanol–water partition coefficient (Wildman–Crippen LogP) is -0.884. The van der Waals surface area contributed by atoms with E-state index in [2.05, 4.69) is 20.3 Å². The summed E-state index contributed by atoms with van der Waals surface area (Å²) < 4.78 is 23.8. The van der Waals surface area contributed by atoms with Gasteiger partial charge in [0.25, 0.3) is 5.91 Å². The van der Waals surface area contributed by atoms with E-state index in [9.17, 15) is 29.4 Å². The Morgan fingerprint density at radius 3 is 2.62 bits per heavy atom. The molecule has 3 heterocycles. The molecule has 32 heavy (non-hydrogen) atoms. The highest BCUT2D eigenvalue weighted by atomic mass is 35.5. The maximum atomic E-state index is 12.3. The van der Waals surface area contributed by atoms with Gasteiger partial charge in [-0.25, -0.2) is 4.98 Å². The highest BCUT2D eigenvalue weighted by Gasteiger charge is 2.46. The van der Waals surface area contributed by atoms with Crippen molar-refractivity contribution in [1.82, 2.24) is 24.8 Å². The molecule has 7 N–H and O–H groups in total. The van der Waals surface area contributed by atoms with E-state index in [1.807, 2.05) is 0 Å². The van der Waals surface area contributed by atoms with Crippen molar-refractivity contribution >= 4 is 42.1 Å². The van der Waals surface area contributed by atoms with Crippen LogP contribution in [0, 0.1) is 0 Å². The number of nitrogen functional groups attached to an aromatic ring is 1. The Labute approximate surface area is 186 Å². The number of ether oxygens (including phenoxy) is 2. The van der Waals surface area contributed by atoms with Gasteiger partial charge in [0, 0.05) is 5.54 Å². The highest BCUT2D eigenvalue weighted by molar-refractivity contribution is 7.53. The van der Waals surface area contributed by atoms with Crippen molar-refractivity contribution in [2.45, 2.75) is 56.7 Å². The molecule has 1 aliphatic heterocycles. The average Bonchev–Trinajstić information content (AvgIpc) is 3.15. The van der Waals surface area contributed by atoms with Gasteiger partial charge in [0.2, 0.25) is 11.1 Å². The molecule has 1 saturated heterocycles. The molecule has 0 aliphatic carbocycles. The van der Waals surface area contributed by atoms with Crippen molar-refractivity contribution < 1.29 is 38.8 Å². The van der Waals surface area contributed by atoms with Gasteiger partial charge in [0.05, 0.1) is 12.9 Å². The summed E-state index contributed by atoms with van der Waals surface area (Å²) >= 11 is 5.83. The fourth-order valence-corrected chi connectivity index (χ4v) is 3.96. The van der Waals surface area contributed by atoms with E-state index in [1.54, 1.807) is 20.8 Å². The maximum absolute atomic E-state index is 12.3. The van der Waals surface area contributed by atoms with E-state index in [-0.39, 0.29) is 22.3 Å². The molecule has 178 valence electrons. The molecule has 1 aliphatic rings. The second kappa shape index (κ2) is 8.80. The van der Waals surface area contributed by atoms with Crippen molar-refractivity contribution in [2.24, 2.45) is 0 Å². The number of carbonyl (C=O) groups excluding carboxylic acids is 1. The van der Waals surface area contributed by atoms with Gasteiger partial charge in [-0.15, -0.1) is 0 Å². The summed E-state index contributed by atoms with van der Waals surface area (Å²) in [6, 6.07) is 0. The third kappa shape index (κ3) is 5.18. The van der Waals surface area contributed by atoms with Crippen LogP contribution in [-0.2, 0) is 18.8 Å². The lowest BCUT2D eigenvalue weighted by Gasteiger charge is -2.26. The first-order valence-electron chi connectivity index (χ1n) is 9.35. The van der Waals surface area contributed by atoms with Crippen LogP contribution >= 0.6 is 19.2 Å². The average molecular weight is 495 g/mol. The number of amides is 1. The first-order valence-corrected chi connectivity index (χ1v) is 11.4. The third-order valence-electron chi connectivity index (χ3n) is 4.48. The Bertz CT molecular complexity index is 1060. The monoisotopic (exact) mass is 494 g/mol. The van der Waals surface area contributed by atoms with E-state index in [0.717, 1.165) is 0 Å². The number of nitrogens with zero attached hydrogens (tertiary/aromatic N) is 4. The van der Waals surface area contributed by atoms with Crippen molar-refractivity contribution in [2.75, 3.05) is 12.3 Å². The van der Waals surface area contributed by atoms with Crippen LogP contribution in [0.4, 0.5) is 5.82 Å². The number of anilines is 1. The number of aliphatic hydroxyl groups excluding tert-OH is 2. The fraction of sp³-hybridized carbons (Fsp3) is 0.625. The number of nitrogens with two attached hydrogens (primary N) is 1. The van der Waals surface area contributed by atoms with Crippen molar-refractivity contribution in [3.05, 3.63) is 11.6 Å². The molecule has 0 radical (unpaired) electrons. The number of nitrogens with one attached hydrogen (secondary N) is 1. The zero-order valence-electron chi connectivity index (χ0n) is 17.3. The summed E-state index contributed by atoms with van der Waals surface area (Å²) in [5.41, 5.74) is 5.32. The minimum Gasteiger partial charge on any atom is -0.387 e. The van der Waals surface area contributed by atoms with Crippen LogP contribution in [0.2, 0.25) is 5.28 Å². The summed E-state index contributed by atoms with van der Waals surface area (Å²) in [6.07, 6.45) is -4.20. The number of aromatic nitrogens is 4. The summed E-state index contributed by atoms with van der Waals surface area (Å²) in [6.45, 7) is 4.28. The maximum Gasteiger partial charge on any atom is 0.363 e. The van der Waals surface area contributed by atoms with Gasteiger partial charge in [-0.2, -0.15) is 9.97 Å². The number of hydrogen-bond donors (Lipinski definition) is 6. The van der Waals surface area contributed by atoms with Gasteiger partial charge in [-0.3, -0.25) is 13.9 Å². The summed E-state index contributed by atoms with van der Waals surface area (Å²) in [5, 5.41) is 23.1. The third-order valence-corrected chi connectivity index (χ3v) is 5.64. The van der Waals surface area contributed by atoms with Gasteiger partial charge in [-0.05, 0) is 32.4 Å². The van der Waals surface area contributed by atoms with Gasteiger partial charge in [0.15, 0.2) is 17.7 Å². The fourth-order valence-electron chi connectivity index (χ4n) is 3.14. The first kappa shape index (κ1) is 24.7. The summed E-state index contributed by atoms with van der Waals surface area (Å²) in [5.74, 6) is -3.16. The number of carbonyl (C=O) groups is 1. The highest BCUT2D eigenvalue weighted by Crippen LogP contribution is 2.43. The number of hydrogen-bond acceptors (Lipinski definition) is 10. The molecule has 16 heteroatoms. The summed E-state index contributed by atoms with van der Waals surface area (Å²) in [4.78, 5) is 43.2. The second-order valence-electron chi connectivity index (χ2n) is 8.26. The van der Waals surface area contributed by atoms with Gasteiger partial charge in [0.1, 0.15) is 23.8 Å². The van der Waals surface area contributed by atoms with E-state index >= 15 is 0 Å². The number of rotatable bonds is 6. The van der Waals surface area contributed by atoms with Crippen LogP contribution in [0.15, 0.2) is 6.33 Å². The second-order valence-corrected chi connectivity index (χ2v) is 10.2. The molecule has 3 rings (SSSR count). The molecule has 1 fully saturated rings. The number of halogens is 1. The van der Waals surface area contributed by atoms with E-state index in [4.69, 9.17) is 26.8 Å². The minimum absolute atomic E-state index is 0.000940.